The SMILES string of the molecule is Cc1ccc(N(C(=O)Cn2nnc(-c3ccc(C)o3)n2)[C@@H](C(=O)NC(C)(C)C)c2ccncc2)cc1. The van der Waals surface area contributed by atoms with Crippen molar-refractivity contribution in [3.05, 3.63) is 77.8 Å². The van der Waals surface area contributed by atoms with Crippen molar-refractivity contribution in [3.8, 4) is 11.6 Å². The number of nitrogens with zero attached hydrogens (tertiary/aromatic N) is 6. The van der Waals surface area contributed by atoms with Crippen LogP contribution in [0.15, 0.2) is 65.3 Å². The van der Waals surface area contributed by atoms with Crippen LogP contribution in [0.5, 0.6) is 0 Å². The van der Waals surface area contributed by atoms with Crippen LogP contribution >= 0.6 is 0 Å². The number of aromatic nitrogens is 5. The van der Waals surface area contributed by atoms with E-state index in [1.807, 2.05) is 58.9 Å². The van der Waals surface area contributed by atoms with E-state index >= 15 is 0 Å². The summed E-state index contributed by atoms with van der Waals surface area (Å²) in [6, 6.07) is 13.5. The topological polar surface area (TPSA) is 119 Å². The number of tetrazole rings is 1. The second-order valence-corrected chi connectivity index (χ2v) is 9.58. The van der Waals surface area contributed by atoms with Crippen molar-refractivity contribution in [3.63, 3.8) is 0 Å². The number of benzene rings is 1. The van der Waals surface area contributed by atoms with E-state index in [0.717, 1.165) is 5.56 Å². The van der Waals surface area contributed by atoms with Crippen LogP contribution < -0.4 is 10.2 Å². The minimum absolute atomic E-state index is 0.231. The fourth-order valence-corrected chi connectivity index (χ4v) is 3.70. The summed E-state index contributed by atoms with van der Waals surface area (Å²) in [6.07, 6.45) is 3.20. The molecule has 10 heteroatoms. The van der Waals surface area contributed by atoms with E-state index in [1.54, 1.807) is 36.7 Å². The summed E-state index contributed by atoms with van der Waals surface area (Å²) < 4.78 is 5.56. The maximum atomic E-state index is 13.8. The molecule has 2 amide bonds. The molecule has 0 aliphatic carbocycles. The van der Waals surface area contributed by atoms with E-state index in [0.29, 0.717) is 22.8 Å². The minimum atomic E-state index is -0.946. The summed E-state index contributed by atoms with van der Waals surface area (Å²) in [5.41, 5.74) is 1.72. The lowest BCUT2D eigenvalue weighted by Gasteiger charge is -2.33. The maximum Gasteiger partial charge on any atom is 0.251 e. The summed E-state index contributed by atoms with van der Waals surface area (Å²) in [5.74, 6) is 0.744. The highest BCUT2D eigenvalue weighted by Crippen LogP contribution is 2.29. The number of aryl methyl sites for hydroxylation is 2. The zero-order valence-corrected chi connectivity index (χ0v) is 21.0. The first-order chi connectivity index (χ1) is 17.1. The highest BCUT2D eigenvalue weighted by Gasteiger charge is 2.34. The van der Waals surface area contributed by atoms with Gasteiger partial charge in [-0.05, 0) is 81.8 Å². The third-order valence-electron chi connectivity index (χ3n) is 5.30. The molecule has 1 aromatic carbocycles. The van der Waals surface area contributed by atoms with Crippen LogP contribution in [0.1, 0.15) is 43.7 Å². The number of carbonyl (C=O) groups excluding carboxylic acids is 2. The predicted molar refractivity (Wildman–Crippen MR) is 134 cm³/mol. The number of hydrogen-bond donors (Lipinski definition) is 1. The van der Waals surface area contributed by atoms with Crippen LogP contribution in [0, 0.1) is 13.8 Å². The highest BCUT2D eigenvalue weighted by molar-refractivity contribution is 6.01. The van der Waals surface area contributed by atoms with Gasteiger partial charge in [0.1, 0.15) is 18.3 Å². The van der Waals surface area contributed by atoms with Gasteiger partial charge in [-0.25, -0.2) is 0 Å². The van der Waals surface area contributed by atoms with Gasteiger partial charge in [-0.15, -0.1) is 10.2 Å². The van der Waals surface area contributed by atoms with Crippen LogP contribution in [-0.4, -0.2) is 42.5 Å². The molecule has 0 radical (unpaired) electrons. The monoisotopic (exact) mass is 487 g/mol. The first kappa shape index (κ1) is 24.8. The molecule has 0 aliphatic heterocycles. The maximum absolute atomic E-state index is 13.8. The van der Waals surface area contributed by atoms with Crippen molar-refractivity contribution in [2.24, 2.45) is 0 Å². The van der Waals surface area contributed by atoms with Gasteiger partial charge in [0.2, 0.25) is 11.7 Å². The van der Waals surface area contributed by atoms with Gasteiger partial charge in [-0.2, -0.15) is 4.80 Å². The first-order valence-electron chi connectivity index (χ1n) is 11.6. The average molecular weight is 488 g/mol. The minimum Gasteiger partial charge on any atom is -0.458 e. The molecule has 10 nitrogen and oxygen atoms in total. The molecule has 1 N–H and O–H groups in total. The molecule has 1 atom stereocenters. The molecule has 0 aliphatic rings. The van der Waals surface area contributed by atoms with Gasteiger partial charge in [-0.1, -0.05) is 17.7 Å². The van der Waals surface area contributed by atoms with E-state index in [-0.39, 0.29) is 24.2 Å². The van der Waals surface area contributed by atoms with E-state index in [1.165, 1.54) is 9.70 Å². The molecular weight excluding hydrogens is 458 g/mol. The zero-order valence-electron chi connectivity index (χ0n) is 21.0. The highest BCUT2D eigenvalue weighted by atomic mass is 16.3. The molecule has 0 saturated heterocycles. The lowest BCUT2D eigenvalue weighted by atomic mass is 10.0. The predicted octanol–water partition coefficient (Wildman–Crippen LogP) is 3.63. The average Bonchev–Trinajstić information content (AvgIpc) is 3.46. The Balaban J connectivity index is 1.72. The zero-order chi connectivity index (χ0) is 25.9. The molecule has 36 heavy (non-hydrogen) atoms. The van der Waals surface area contributed by atoms with Crippen molar-refractivity contribution in [2.45, 2.75) is 52.7 Å². The van der Waals surface area contributed by atoms with Crippen LogP contribution in [0.2, 0.25) is 0 Å². The van der Waals surface area contributed by atoms with Gasteiger partial charge in [0.25, 0.3) is 5.91 Å². The molecule has 0 fully saturated rings. The summed E-state index contributed by atoms with van der Waals surface area (Å²) in [4.78, 5) is 34.2. The molecule has 0 spiro atoms. The molecule has 186 valence electrons. The Morgan fingerprint density at radius 1 is 1.03 bits per heavy atom. The van der Waals surface area contributed by atoms with E-state index in [4.69, 9.17) is 4.42 Å². The van der Waals surface area contributed by atoms with Crippen LogP contribution in [0.3, 0.4) is 0 Å². The summed E-state index contributed by atoms with van der Waals surface area (Å²) in [7, 11) is 0. The second-order valence-electron chi connectivity index (χ2n) is 9.58. The van der Waals surface area contributed by atoms with Gasteiger partial charge in [0.15, 0.2) is 5.76 Å². The number of nitrogens with one attached hydrogen (secondary N) is 1. The number of carbonyl (C=O) groups is 2. The molecule has 0 bridgehead atoms. The van der Waals surface area contributed by atoms with E-state index in [9.17, 15) is 9.59 Å². The lowest BCUT2D eigenvalue weighted by Crippen LogP contribution is -2.50. The van der Waals surface area contributed by atoms with Crippen molar-refractivity contribution < 1.29 is 14.0 Å². The molecule has 4 rings (SSSR count). The molecule has 3 aromatic heterocycles. The van der Waals surface area contributed by atoms with Crippen LogP contribution in [0.4, 0.5) is 5.69 Å². The Bertz CT molecular complexity index is 1340. The fraction of sp³-hybridized carbons (Fsp3) is 0.308. The van der Waals surface area contributed by atoms with Crippen molar-refractivity contribution in [1.29, 1.82) is 0 Å². The Hall–Kier alpha value is -4.34. The molecule has 0 unspecified atom stereocenters. The van der Waals surface area contributed by atoms with E-state index < -0.39 is 11.6 Å². The van der Waals surface area contributed by atoms with E-state index in [2.05, 4.69) is 25.7 Å². The van der Waals surface area contributed by atoms with Crippen molar-refractivity contribution in [1.82, 2.24) is 30.5 Å². The van der Waals surface area contributed by atoms with Crippen molar-refractivity contribution in [2.75, 3.05) is 4.90 Å². The third kappa shape index (κ3) is 5.83. The Morgan fingerprint density at radius 2 is 1.72 bits per heavy atom. The van der Waals surface area contributed by atoms with Gasteiger partial charge >= 0.3 is 0 Å². The van der Waals surface area contributed by atoms with Gasteiger partial charge in [-0.3, -0.25) is 19.5 Å². The van der Waals surface area contributed by atoms with Gasteiger partial charge in [0.05, 0.1) is 0 Å². The molecule has 3 heterocycles. The Kier molecular flexibility index (Phi) is 6.96. The number of pyridine rings is 1. The quantitative estimate of drug-likeness (QED) is 0.423. The Morgan fingerprint density at radius 3 is 2.33 bits per heavy atom. The van der Waals surface area contributed by atoms with Gasteiger partial charge < -0.3 is 9.73 Å². The first-order valence-corrected chi connectivity index (χ1v) is 11.6. The molecule has 0 saturated carbocycles. The largest absolute Gasteiger partial charge is 0.458 e. The number of amides is 2. The fourth-order valence-electron chi connectivity index (χ4n) is 3.70. The van der Waals surface area contributed by atoms with Crippen LogP contribution in [0.25, 0.3) is 11.6 Å². The smallest absolute Gasteiger partial charge is 0.251 e. The molecular formula is C26H29N7O3. The number of rotatable bonds is 7. The number of furan rings is 1. The summed E-state index contributed by atoms with van der Waals surface area (Å²) in [5, 5.41) is 15.4. The third-order valence-corrected chi connectivity index (χ3v) is 5.30. The summed E-state index contributed by atoms with van der Waals surface area (Å²) in [6.45, 7) is 9.22. The summed E-state index contributed by atoms with van der Waals surface area (Å²) >= 11 is 0. The number of anilines is 1. The normalized spacial score (nSPS) is 12.2. The van der Waals surface area contributed by atoms with Gasteiger partial charge in [0, 0.05) is 23.6 Å². The standard InChI is InChI=1S/C26H29N7O3/c1-17-6-9-20(10-7-17)33(23(19-12-14-27-15-13-19)25(35)28-26(3,4)5)22(34)16-32-30-24(29-31-32)21-11-8-18(2)36-21/h6-15,23H,16H2,1-5H3,(H,28,35)/t23-/m1/s1. The second kappa shape index (κ2) is 10.1. The van der Waals surface area contributed by atoms with Crippen molar-refractivity contribution >= 4 is 17.5 Å². The lowest BCUT2D eigenvalue weighted by molar-refractivity contribution is -0.128. The number of hydrogen-bond acceptors (Lipinski definition) is 7. The van der Waals surface area contributed by atoms with Crippen LogP contribution in [-0.2, 0) is 16.1 Å². The Labute approximate surface area is 209 Å². The molecule has 4 aromatic rings.